The Morgan fingerprint density at radius 1 is 0.895 bits per heavy atom. The highest BCUT2D eigenvalue weighted by atomic mass is 32.2. The van der Waals surface area contributed by atoms with Gasteiger partial charge in [0.25, 0.3) is 23.6 Å². The van der Waals surface area contributed by atoms with Crippen molar-refractivity contribution in [2.75, 3.05) is 19.0 Å². The zero-order valence-electron chi connectivity index (χ0n) is 19.9. The van der Waals surface area contributed by atoms with E-state index in [0.29, 0.717) is 22.7 Å². The number of nitrogens with zero attached hydrogens (tertiary/aromatic N) is 2. The Morgan fingerprint density at radius 2 is 1.55 bits per heavy atom. The normalized spacial score (nSPS) is 15.8. The number of thioether (sulfide) groups is 1. The van der Waals surface area contributed by atoms with E-state index in [1.807, 2.05) is 18.2 Å². The lowest BCUT2D eigenvalue weighted by atomic mass is 10.1. The van der Waals surface area contributed by atoms with E-state index < -0.39 is 17.7 Å². The van der Waals surface area contributed by atoms with Gasteiger partial charge in [-0.1, -0.05) is 48.2 Å². The summed E-state index contributed by atoms with van der Waals surface area (Å²) in [4.78, 5) is 51.3. The van der Waals surface area contributed by atoms with Crippen molar-refractivity contribution < 1.29 is 28.7 Å². The minimum Gasteiger partial charge on any atom is -0.493 e. The third kappa shape index (κ3) is 4.76. The SMILES string of the molecule is COc1cc(C=C2SC(=S)N(N3C(=O)c4ccccc4C3=O)C2=O)ccc1OCC(=O)Nc1ccccc1. The van der Waals surface area contributed by atoms with Gasteiger partial charge in [-0.15, -0.1) is 0 Å². The number of ether oxygens (including phenoxy) is 2. The third-order valence-corrected chi connectivity index (χ3v) is 6.93. The molecular weight excluding hydrogens is 526 g/mol. The number of hydrogen-bond donors (Lipinski definition) is 1. The second-order valence-electron chi connectivity index (χ2n) is 8.07. The van der Waals surface area contributed by atoms with Crippen LogP contribution in [-0.4, -0.2) is 51.7 Å². The Balaban J connectivity index is 1.30. The number of amides is 4. The van der Waals surface area contributed by atoms with Crippen molar-refractivity contribution in [2.45, 2.75) is 0 Å². The lowest BCUT2D eigenvalue weighted by molar-refractivity contribution is -0.128. The number of fused-ring (bicyclic) bond motifs is 1. The van der Waals surface area contributed by atoms with Crippen molar-refractivity contribution in [3.05, 3.63) is 94.4 Å². The maximum absolute atomic E-state index is 13.2. The first-order valence-corrected chi connectivity index (χ1v) is 12.5. The first-order chi connectivity index (χ1) is 18.4. The van der Waals surface area contributed by atoms with Crippen LogP contribution in [-0.2, 0) is 9.59 Å². The van der Waals surface area contributed by atoms with Crippen molar-refractivity contribution in [1.82, 2.24) is 10.0 Å². The number of hydrogen-bond acceptors (Lipinski definition) is 8. The fraction of sp³-hybridized carbons (Fsp3) is 0.0741. The van der Waals surface area contributed by atoms with Gasteiger partial charge in [0.1, 0.15) is 0 Å². The van der Waals surface area contributed by atoms with E-state index in [2.05, 4.69) is 5.32 Å². The number of imide groups is 1. The molecule has 3 aromatic rings. The Bertz CT molecular complexity index is 1490. The van der Waals surface area contributed by atoms with E-state index in [-0.39, 0.29) is 32.9 Å². The summed E-state index contributed by atoms with van der Waals surface area (Å²) in [5, 5.41) is 4.44. The number of hydrazine groups is 1. The number of nitrogens with one attached hydrogen (secondary N) is 1. The van der Waals surface area contributed by atoms with Gasteiger partial charge >= 0.3 is 0 Å². The first kappa shape index (κ1) is 25.2. The molecule has 0 spiro atoms. The number of carbonyl (C=O) groups is 4. The van der Waals surface area contributed by atoms with Crippen molar-refractivity contribution in [1.29, 1.82) is 0 Å². The van der Waals surface area contributed by atoms with Crippen LogP contribution in [0.15, 0.2) is 77.7 Å². The molecule has 0 saturated carbocycles. The molecular formula is C27H19N3O6S2. The highest BCUT2D eigenvalue weighted by Crippen LogP contribution is 2.37. The molecule has 0 bridgehead atoms. The molecule has 0 aromatic heterocycles. The van der Waals surface area contributed by atoms with Gasteiger partial charge in [-0.05, 0) is 60.3 Å². The third-order valence-electron chi connectivity index (χ3n) is 5.65. The van der Waals surface area contributed by atoms with Crippen LogP contribution in [0.3, 0.4) is 0 Å². The standard InChI is InChI=1S/C27H19N3O6S2/c1-35-21-13-16(11-12-20(21)36-15-23(31)28-17-7-3-2-4-8-17)14-22-26(34)30(27(37)38-22)29-24(32)18-9-5-6-10-19(18)25(29)33/h2-14H,15H2,1H3,(H,28,31). The van der Waals surface area contributed by atoms with E-state index in [1.165, 1.54) is 19.2 Å². The molecule has 2 aliphatic rings. The smallest absolute Gasteiger partial charge is 0.285 e. The van der Waals surface area contributed by atoms with E-state index >= 15 is 0 Å². The number of benzene rings is 3. The zero-order valence-corrected chi connectivity index (χ0v) is 21.5. The predicted molar refractivity (Wildman–Crippen MR) is 146 cm³/mol. The molecule has 190 valence electrons. The fourth-order valence-corrected chi connectivity index (χ4v) is 5.14. The molecule has 3 aromatic carbocycles. The van der Waals surface area contributed by atoms with Crippen molar-refractivity contribution in [3.63, 3.8) is 0 Å². The van der Waals surface area contributed by atoms with Crippen LogP contribution in [0.1, 0.15) is 26.3 Å². The van der Waals surface area contributed by atoms with Crippen LogP contribution in [0.25, 0.3) is 6.08 Å². The van der Waals surface area contributed by atoms with Gasteiger partial charge in [0, 0.05) is 5.69 Å². The summed E-state index contributed by atoms with van der Waals surface area (Å²) in [5.74, 6) is -1.45. The van der Waals surface area contributed by atoms with Gasteiger partial charge in [0.05, 0.1) is 23.1 Å². The molecule has 9 nitrogen and oxygen atoms in total. The molecule has 4 amide bonds. The quantitative estimate of drug-likeness (QED) is 0.269. The van der Waals surface area contributed by atoms with Crippen LogP contribution >= 0.6 is 24.0 Å². The summed E-state index contributed by atoms with van der Waals surface area (Å²) >= 11 is 6.31. The van der Waals surface area contributed by atoms with Crippen molar-refractivity contribution in [2.24, 2.45) is 0 Å². The van der Waals surface area contributed by atoms with Crippen LogP contribution in [0.4, 0.5) is 5.69 Å². The molecule has 0 aliphatic carbocycles. The zero-order chi connectivity index (χ0) is 26.8. The molecule has 2 aliphatic heterocycles. The summed E-state index contributed by atoms with van der Waals surface area (Å²) < 4.78 is 11.1. The average Bonchev–Trinajstić information content (AvgIpc) is 3.34. The van der Waals surface area contributed by atoms with E-state index in [4.69, 9.17) is 21.7 Å². The average molecular weight is 546 g/mol. The lowest BCUT2D eigenvalue weighted by Crippen LogP contribution is -2.48. The number of rotatable bonds is 7. The van der Waals surface area contributed by atoms with Crippen LogP contribution in [0, 0.1) is 0 Å². The molecule has 1 fully saturated rings. The van der Waals surface area contributed by atoms with Crippen LogP contribution in [0.2, 0.25) is 0 Å². The Labute approximate surface area is 227 Å². The lowest BCUT2D eigenvalue weighted by Gasteiger charge is -2.23. The monoisotopic (exact) mass is 545 g/mol. The molecule has 0 unspecified atom stereocenters. The largest absolute Gasteiger partial charge is 0.493 e. The molecule has 0 radical (unpaired) electrons. The molecule has 1 saturated heterocycles. The van der Waals surface area contributed by atoms with Crippen LogP contribution in [0.5, 0.6) is 11.5 Å². The Kier molecular flexibility index (Phi) is 6.95. The molecule has 11 heteroatoms. The van der Waals surface area contributed by atoms with E-state index in [0.717, 1.165) is 21.8 Å². The number of thiocarbonyl (C=S) groups is 1. The van der Waals surface area contributed by atoms with Gasteiger partial charge in [-0.2, -0.15) is 10.0 Å². The van der Waals surface area contributed by atoms with Gasteiger partial charge in [0.2, 0.25) is 0 Å². The van der Waals surface area contributed by atoms with Gasteiger partial charge < -0.3 is 14.8 Å². The molecule has 5 rings (SSSR count). The van der Waals surface area contributed by atoms with Gasteiger partial charge in [-0.25, -0.2) is 0 Å². The fourth-order valence-electron chi connectivity index (χ4n) is 3.90. The number of para-hydroxylation sites is 1. The van der Waals surface area contributed by atoms with Crippen molar-refractivity contribution in [3.8, 4) is 11.5 Å². The maximum Gasteiger partial charge on any atom is 0.285 e. The second kappa shape index (κ2) is 10.5. The molecule has 38 heavy (non-hydrogen) atoms. The topological polar surface area (TPSA) is 105 Å². The minimum atomic E-state index is -0.609. The number of methoxy groups -OCH3 is 1. The summed E-state index contributed by atoms with van der Waals surface area (Å²) in [5.41, 5.74) is 1.68. The highest BCUT2D eigenvalue weighted by Gasteiger charge is 2.46. The van der Waals surface area contributed by atoms with Crippen LogP contribution < -0.4 is 14.8 Å². The summed E-state index contributed by atoms with van der Waals surface area (Å²) in [6.07, 6.45) is 1.58. The summed E-state index contributed by atoms with van der Waals surface area (Å²) in [7, 11) is 1.46. The van der Waals surface area contributed by atoms with E-state index in [1.54, 1.807) is 48.5 Å². The molecule has 2 heterocycles. The second-order valence-corrected chi connectivity index (χ2v) is 9.75. The maximum atomic E-state index is 13.2. The van der Waals surface area contributed by atoms with E-state index in [9.17, 15) is 19.2 Å². The predicted octanol–water partition coefficient (Wildman–Crippen LogP) is 4.13. The highest BCUT2D eigenvalue weighted by molar-refractivity contribution is 8.26. The Hall–Kier alpha value is -4.48. The molecule has 1 N–H and O–H groups in total. The summed E-state index contributed by atoms with van der Waals surface area (Å²) in [6.45, 7) is -0.233. The van der Waals surface area contributed by atoms with Crippen molar-refractivity contribution >= 4 is 63.7 Å². The number of anilines is 1. The number of carbonyl (C=O) groups excluding carboxylic acids is 4. The summed E-state index contributed by atoms with van der Waals surface area (Å²) in [6, 6.07) is 20.3. The first-order valence-electron chi connectivity index (χ1n) is 11.3. The van der Waals surface area contributed by atoms with Gasteiger partial charge in [-0.3, -0.25) is 19.2 Å². The Morgan fingerprint density at radius 3 is 2.21 bits per heavy atom. The molecule has 0 atom stereocenters. The van der Waals surface area contributed by atoms with Gasteiger partial charge in [0.15, 0.2) is 22.4 Å². The minimum absolute atomic E-state index is 0.0621.